The fraction of sp³-hybridized carbons (Fsp3) is 0.320. The number of Topliss-reactive ketones (excluding diaryl/α,β-unsaturated/α-hetero) is 1. The molecule has 1 fully saturated rings. The first-order valence-electron chi connectivity index (χ1n) is 11.0. The van der Waals surface area contributed by atoms with Gasteiger partial charge in [0.1, 0.15) is 5.82 Å². The molecule has 0 bridgehead atoms. The molecule has 8 heteroatoms. The number of carbonyl (C=O) groups is 3. The maximum atomic E-state index is 13.4. The van der Waals surface area contributed by atoms with Gasteiger partial charge in [0.25, 0.3) is 11.7 Å². The number of carbonyl (C=O) groups excluding carboxylic acids is 3. The number of ketones is 1. The zero-order valence-corrected chi connectivity index (χ0v) is 18.6. The van der Waals surface area contributed by atoms with E-state index in [-0.39, 0.29) is 29.9 Å². The lowest BCUT2D eigenvalue weighted by Gasteiger charge is -2.40. The van der Waals surface area contributed by atoms with Crippen molar-refractivity contribution in [2.24, 2.45) is 0 Å². The second kappa shape index (κ2) is 9.54. The Morgan fingerprint density at radius 1 is 1.12 bits per heavy atom. The van der Waals surface area contributed by atoms with Gasteiger partial charge in [-0.15, -0.1) is 0 Å². The molecule has 0 radical (unpaired) electrons. The van der Waals surface area contributed by atoms with Gasteiger partial charge in [-0.2, -0.15) is 0 Å². The molecule has 1 aromatic heterocycles. The fourth-order valence-electron chi connectivity index (χ4n) is 4.23. The van der Waals surface area contributed by atoms with Crippen molar-refractivity contribution >= 4 is 28.6 Å². The minimum atomic E-state index is -0.911. The van der Waals surface area contributed by atoms with Crippen LogP contribution in [-0.2, 0) is 16.1 Å². The van der Waals surface area contributed by atoms with E-state index in [0.29, 0.717) is 42.6 Å². The Morgan fingerprint density at radius 3 is 2.58 bits per heavy atom. The van der Waals surface area contributed by atoms with Gasteiger partial charge in [0.15, 0.2) is 0 Å². The number of nitrogens with zero attached hydrogens (tertiary/aromatic N) is 2. The van der Waals surface area contributed by atoms with E-state index in [9.17, 15) is 18.8 Å². The molecular formula is C25H26FN3O4. The Balaban J connectivity index is 1.49. The summed E-state index contributed by atoms with van der Waals surface area (Å²) in [5.74, 6) is -2.03. The number of ether oxygens (including phenoxy) is 1. The summed E-state index contributed by atoms with van der Waals surface area (Å²) in [4.78, 5) is 44.7. The first-order chi connectivity index (χ1) is 15.9. The quantitative estimate of drug-likeness (QED) is 0.353. The summed E-state index contributed by atoms with van der Waals surface area (Å²) >= 11 is 0. The lowest BCUT2D eigenvalue weighted by Crippen LogP contribution is -2.53. The van der Waals surface area contributed by atoms with Gasteiger partial charge >= 0.3 is 5.97 Å². The minimum absolute atomic E-state index is 0.0269. The third-order valence-corrected chi connectivity index (χ3v) is 5.93. The van der Waals surface area contributed by atoms with E-state index >= 15 is 0 Å². The molecular weight excluding hydrogens is 425 g/mol. The molecule has 172 valence electrons. The summed E-state index contributed by atoms with van der Waals surface area (Å²) in [5, 5.41) is 0.594. The molecule has 2 aromatic carbocycles. The van der Waals surface area contributed by atoms with Crippen molar-refractivity contribution in [3.8, 4) is 0 Å². The molecule has 1 aliphatic heterocycles. The number of piperazine rings is 1. The number of esters is 1. The SMILES string of the molecule is CCOC(=O)C(=O)c1ccc2[nH]cc(C(=O)N3CCN(Cc4ccc(F)cc4)C[C@H]3C)c2c1. The summed E-state index contributed by atoms with van der Waals surface area (Å²) < 4.78 is 18.0. The van der Waals surface area contributed by atoms with Gasteiger partial charge in [0.2, 0.25) is 0 Å². The number of H-pyrrole nitrogens is 1. The number of aromatic amines is 1. The maximum Gasteiger partial charge on any atom is 0.379 e. The van der Waals surface area contributed by atoms with Gasteiger partial charge in [-0.05, 0) is 49.7 Å². The number of benzene rings is 2. The smallest absolute Gasteiger partial charge is 0.379 e. The van der Waals surface area contributed by atoms with E-state index in [1.807, 2.05) is 11.8 Å². The highest BCUT2D eigenvalue weighted by atomic mass is 19.1. The van der Waals surface area contributed by atoms with Gasteiger partial charge in [0, 0.05) is 54.9 Å². The Kier molecular flexibility index (Phi) is 6.55. The van der Waals surface area contributed by atoms with Crippen LogP contribution >= 0.6 is 0 Å². The topological polar surface area (TPSA) is 82.7 Å². The lowest BCUT2D eigenvalue weighted by atomic mass is 10.0. The fourth-order valence-corrected chi connectivity index (χ4v) is 4.23. The van der Waals surface area contributed by atoms with Crippen LogP contribution in [0.25, 0.3) is 10.9 Å². The molecule has 0 aliphatic carbocycles. The standard InChI is InChI=1S/C25H26FN3O4/c1-3-33-25(32)23(30)18-6-9-22-20(12-18)21(13-27-22)24(31)29-11-10-28(14-16(29)2)15-17-4-7-19(26)8-5-17/h4-9,12-13,16,27H,3,10-11,14-15H2,1-2H3/t16-/m1/s1. The number of aromatic nitrogens is 1. The van der Waals surface area contributed by atoms with Gasteiger partial charge in [0.05, 0.1) is 12.2 Å². The highest BCUT2D eigenvalue weighted by Gasteiger charge is 2.30. The van der Waals surface area contributed by atoms with E-state index in [0.717, 1.165) is 5.56 Å². The largest absolute Gasteiger partial charge is 0.460 e. The molecule has 1 N–H and O–H groups in total. The molecule has 1 atom stereocenters. The molecule has 0 unspecified atom stereocenters. The third-order valence-electron chi connectivity index (χ3n) is 5.93. The number of amides is 1. The second-order valence-electron chi connectivity index (χ2n) is 8.22. The number of nitrogens with one attached hydrogen (secondary N) is 1. The van der Waals surface area contributed by atoms with E-state index in [4.69, 9.17) is 4.74 Å². The first-order valence-corrected chi connectivity index (χ1v) is 11.0. The average molecular weight is 451 g/mol. The Hall–Kier alpha value is -3.52. The molecule has 4 rings (SSSR count). The normalized spacial score (nSPS) is 16.7. The summed E-state index contributed by atoms with van der Waals surface area (Å²) in [6.07, 6.45) is 1.64. The van der Waals surface area contributed by atoms with Crippen molar-refractivity contribution in [2.45, 2.75) is 26.4 Å². The van der Waals surface area contributed by atoms with Crippen LogP contribution in [0.4, 0.5) is 4.39 Å². The van der Waals surface area contributed by atoms with Crippen molar-refractivity contribution < 1.29 is 23.5 Å². The predicted molar refractivity (Wildman–Crippen MR) is 121 cm³/mol. The number of hydrogen-bond donors (Lipinski definition) is 1. The monoisotopic (exact) mass is 451 g/mol. The van der Waals surface area contributed by atoms with Crippen LogP contribution in [0.2, 0.25) is 0 Å². The molecule has 1 amide bonds. The van der Waals surface area contributed by atoms with Crippen LogP contribution in [-0.4, -0.2) is 64.7 Å². The van der Waals surface area contributed by atoms with Gasteiger partial charge < -0.3 is 14.6 Å². The van der Waals surface area contributed by atoms with E-state index in [1.165, 1.54) is 12.1 Å². The number of rotatable bonds is 6. The number of fused-ring (bicyclic) bond motifs is 1. The van der Waals surface area contributed by atoms with Gasteiger partial charge in [-0.1, -0.05) is 12.1 Å². The van der Waals surface area contributed by atoms with Crippen LogP contribution in [0.5, 0.6) is 0 Å². The third kappa shape index (κ3) is 4.80. The molecule has 33 heavy (non-hydrogen) atoms. The van der Waals surface area contributed by atoms with Crippen molar-refractivity contribution in [3.63, 3.8) is 0 Å². The van der Waals surface area contributed by atoms with Crippen molar-refractivity contribution in [1.82, 2.24) is 14.8 Å². The van der Waals surface area contributed by atoms with Crippen LogP contribution < -0.4 is 0 Å². The molecule has 7 nitrogen and oxygen atoms in total. The van der Waals surface area contributed by atoms with Crippen molar-refractivity contribution in [1.29, 1.82) is 0 Å². The Bertz CT molecular complexity index is 1190. The molecule has 0 spiro atoms. The maximum absolute atomic E-state index is 13.4. The van der Waals surface area contributed by atoms with Crippen LogP contribution in [0.1, 0.15) is 40.1 Å². The summed E-state index contributed by atoms with van der Waals surface area (Å²) in [6.45, 7) is 6.39. The van der Waals surface area contributed by atoms with E-state index in [2.05, 4.69) is 9.88 Å². The van der Waals surface area contributed by atoms with E-state index < -0.39 is 11.8 Å². The molecule has 1 aliphatic rings. The van der Waals surface area contributed by atoms with Crippen LogP contribution in [0.15, 0.2) is 48.7 Å². The van der Waals surface area contributed by atoms with Crippen molar-refractivity contribution in [3.05, 3.63) is 71.2 Å². The minimum Gasteiger partial charge on any atom is -0.460 e. The predicted octanol–water partition coefficient (Wildman–Crippen LogP) is 3.40. The summed E-state index contributed by atoms with van der Waals surface area (Å²) in [6, 6.07) is 11.2. The van der Waals surface area contributed by atoms with E-state index in [1.54, 1.807) is 43.5 Å². The van der Waals surface area contributed by atoms with Gasteiger partial charge in [-0.3, -0.25) is 14.5 Å². The molecule has 1 saturated heterocycles. The highest BCUT2D eigenvalue weighted by Crippen LogP contribution is 2.24. The first kappa shape index (κ1) is 22.7. The zero-order chi connectivity index (χ0) is 23.5. The average Bonchev–Trinajstić information content (AvgIpc) is 3.23. The molecule has 0 saturated carbocycles. The molecule has 3 aromatic rings. The summed E-state index contributed by atoms with van der Waals surface area (Å²) in [7, 11) is 0. The van der Waals surface area contributed by atoms with Crippen molar-refractivity contribution in [2.75, 3.05) is 26.2 Å². The van der Waals surface area contributed by atoms with Gasteiger partial charge in [-0.25, -0.2) is 9.18 Å². The van der Waals surface area contributed by atoms with Crippen LogP contribution in [0.3, 0.4) is 0 Å². The second-order valence-corrected chi connectivity index (χ2v) is 8.22. The zero-order valence-electron chi connectivity index (χ0n) is 18.6. The Morgan fingerprint density at radius 2 is 1.88 bits per heavy atom. The highest BCUT2D eigenvalue weighted by molar-refractivity contribution is 6.41. The number of halogens is 1. The lowest BCUT2D eigenvalue weighted by molar-refractivity contribution is -0.137. The summed E-state index contributed by atoms with van der Waals surface area (Å²) in [5.41, 5.74) is 2.38. The Labute approximate surface area is 191 Å². The van der Waals surface area contributed by atoms with Crippen LogP contribution in [0, 0.1) is 5.82 Å². The molecule has 2 heterocycles. The number of hydrogen-bond acceptors (Lipinski definition) is 5.